The lowest BCUT2D eigenvalue weighted by atomic mass is 9.93. The van der Waals surface area contributed by atoms with E-state index in [0.29, 0.717) is 6.42 Å². The maximum absolute atomic E-state index is 10.8. The van der Waals surface area contributed by atoms with Crippen LogP contribution in [0.4, 0.5) is 0 Å². The molecule has 0 spiro atoms. The fourth-order valence-corrected chi connectivity index (χ4v) is 1.34. The van der Waals surface area contributed by atoms with Gasteiger partial charge in [-0.2, -0.15) is 0 Å². The number of unbranched alkanes of at least 4 members (excludes halogenated alkanes) is 3. The molecule has 15 heavy (non-hydrogen) atoms. The fourth-order valence-electron chi connectivity index (χ4n) is 1.34. The van der Waals surface area contributed by atoms with E-state index >= 15 is 0 Å². The van der Waals surface area contributed by atoms with Gasteiger partial charge in [0.25, 0.3) is 0 Å². The second-order valence-corrected chi connectivity index (χ2v) is 4.20. The van der Waals surface area contributed by atoms with Gasteiger partial charge in [0, 0.05) is 12.8 Å². The molecule has 86 valence electrons. The summed E-state index contributed by atoms with van der Waals surface area (Å²) in [6.45, 7) is 6.02. The van der Waals surface area contributed by atoms with E-state index in [0.717, 1.165) is 12.8 Å². The van der Waals surface area contributed by atoms with Crippen molar-refractivity contribution >= 4 is 5.97 Å². The Morgan fingerprint density at radius 1 is 1.27 bits per heavy atom. The second kappa shape index (κ2) is 8.35. The minimum Gasteiger partial charge on any atom is -0.481 e. The zero-order valence-corrected chi connectivity index (χ0v) is 10.0. The summed E-state index contributed by atoms with van der Waals surface area (Å²) in [7, 11) is 0. The Kier molecular flexibility index (Phi) is 7.81. The second-order valence-electron chi connectivity index (χ2n) is 4.20. The Morgan fingerprint density at radius 3 is 2.40 bits per heavy atom. The van der Waals surface area contributed by atoms with E-state index in [1.165, 1.54) is 12.8 Å². The van der Waals surface area contributed by atoms with Crippen LogP contribution in [0.2, 0.25) is 0 Å². The first-order chi connectivity index (χ1) is 7.09. The van der Waals surface area contributed by atoms with Gasteiger partial charge in [-0.25, -0.2) is 0 Å². The zero-order valence-electron chi connectivity index (χ0n) is 10.0. The molecule has 0 aromatic rings. The highest BCUT2D eigenvalue weighted by atomic mass is 16.4. The molecule has 0 radical (unpaired) electrons. The van der Waals surface area contributed by atoms with E-state index in [-0.39, 0.29) is 11.8 Å². The summed E-state index contributed by atoms with van der Waals surface area (Å²) < 4.78 is 0. The lowest BCUT2D eigenvalue weighted by Crippen LogP contribution is -2.18. The molecular formula is C13H22O2. The van der Waals surface area contributed by atoms with Crippen LogP contribution in [0.3, 0.4) is 0 Å². The molecule has 0 saturated carbocycles. The molecule has 0 rings (SSSR count). The van der Waals surface area contributed by atoms with Crippen molar-refractivity contribution in [2.24, 2.45) is 11.8 Å². The van der Waals surface area contributed by atoms with Crippen LogP contribution in [0.25, 0.3) is 0 Å². The number of hydrogen-bond acceptors (Lipinski definition) is 1. The van der Waals surface area contributed by atoms with E-state index in [2.05, 4.69) is 18.8 Å². The third kappa shape index (κ3) is 7.02. The number of carboxylic acid groups (broad SMARTS) is 1. The van der Waals surface area contributed by atoms with Crippen molar-refractivity contribution in [3.63, 3.8) is 0 Å². The van der Waals surface area contributed by atoms with Gasteiger partial charge in [0.2, 0.25) is 0 Å². The van der Waals surface area contributed by atoms with Gasteiger partial charge < -0.3 is 5.11 Å². The maximum atomic E-state index is 10.8. The normalized spacial score (nSPS) is 12.0. The van der Waals surface area contributed by atoms with E-state index in [1.54, 1.807) is 0 Å². The molecule has 0 saturated heterocycles. The molecule has 1 unspecified atom stereocenters. The minimum atomic E-state index is -0.729. The summed E-state index contributed by atoms with van der Waals surface area (Å²) in [5.74, 6) is 5.14. The van der Waals surface area contributed by atoms with Gasteiger partial charge in [-0.3, -0.25) is 4.79 Å². The van der Waals surface area contributed by atoms with Crippen LogP contribution >= 0.6 is 0 Å². The largest absolute Gasteiger partial charge is 0.481 e. The monoisotopic (exact) mass is 210 g/mol. The third-order valence-corrected chi connectivity index (χ3v) is 2.47. The molecule has 0 aromatic carbocycles. The molecule has 0 bridgehead atoms. The van der Waals surface area contributed by atoms with E-state index in [1.807, 2.05) is 13.8 Å². The van der Waals surface area contributed by atoms with Crippen LogP contribution in [0.15, 0.2) is 0 Å². The zero-order chi connectivity index (χ0) is 11.7. The van der Waals surface area contributed by atoms with Crippen molar-refractivity contribution in [3.8, 4) is 11.8 Å². The summed E-state index contributed by atoms with van der Waals surface area (Å²) >= 11 is 0. The molecule has 0 heterocycles. The topological polar surface area (TPSA) is 37.3 Å². The predicted octanol–water partition coefficient (Wildman–Crippen LogP) is 3.32. The first-order valence-electron chi connectivity index (χ1n) is 5.78. The van der Waals surface area contributed by atoms with Gasteiger partial charge in [-0.15, -0.1) is 11.8 Å². The summed E-state index contributed by atoms with van der Waals surface area (Å²) in [5.41, 5.74) is 0. The van der Waals surface area contributed by atoms with Crippen molar-refractivity contribution in [2.75, 3.05) is 0 Å². The van der Waals surface area contributed by atoms with Crippen LogP contribution in [-0.4, -0.2) is 11.1 Å². The molecule has 1 atom stereocenters. The Morgan fingerprint density at radius 2 is 1.93 bits per heavy atom. The van der Waals surface area contributed by atoms with E-state index < -0.39 is 5.97 Å². The highest BCUT2D eigenvalue weighted by Crippen LogP contribution is 2.14. The molecule has 0 aliphatic rings. The first-order valence-corrected chi connectivity index (χ1v) is 5.78. The first kappa shape index (κ1) is 14.0. The van der Waals surface area contributed by atoms with E-state index in [4.69, 9.17) is 5.11 Å². The Balaban J connectivity index is 3.83. The minimum absolute atomic E-state index is 0.160. The van der Waals surface area contributed by atoms with Crippen molar-refractivity contribution in [1.29, 1.82) is 0 Å². The highest BCUT2D eigenvalue weighted by Gasteiger charge is 2.19. The van der Waals surface area contributed by atoms with Crippen molar-refractivity contribution in [2.45, 2.75) is 52.9 Å². The molecule has 0 amide bonds. The Hall–Kier alpha value is -0.970. The van der Waals surface area contributed by atoms with Crippen LogP contribution < -0.4 is 0 Å². The molecule has 2 nitrogen and oxygen atoms in total. The van der Waals surface area contributed by atoms with Gasteiger partial charge in [0.15, 0.2) is 0 Å². The van der Waals surface area contributed by atoms with Gasteiger partial charge in [0.05, 0.1) is 5.92 Å². The summed E-state index contributed by atoms with van der Waals surface area (Å²) in [6, 6.07) is 0. The number of hydrogen-bond donors (Lipinski definition) is 1. The molecular weight excluding hydrogens is 188 g/mol. The average Bonchev–Trinajstić information content (AvgIpc) is 2.15. The van der Waals surface area contributed by atoms with Crippen LogP contribution in [0.5, 0.6) is 0 Å². The van der Waals surface area contributed by atoms with E-state index in [9.17, 15) is 4.79 Å². The molecule has 0 aliphatic heterocycles. The quantitative estimate of drug-likeness (QED) is 0.539. The molecule has 1 N–H and O–H groups in total. The Bertz CT molecular complexity index is 233. The lowest BCUT2D eigenvalue weighted by Gasteiger charge is -2.11. The number of aliphatic carboxylic acids is 1. The SMILES string of the molecule is CCCCCC#CCC(C(=O)O)C(C)C. The number of rotatable bonds is 6. The van der Waals surface area contributed by atoms with Gasteiger partial charge >= 0.3 is 5.97 Å². The van der Waals surface area contributed by atoms with Gasteiger partial charge in [-0.1, -0.05) is 33.6 Å². The standard InChI is InChI=1S/C13H22O2/c1-4-5-6-7-8-9-10-12(11(2)3)13(14)15/h11-12H,4-7,10H2,1-3H3,(H,14,15). The van der Waals surface area contributed by atoms with Gasteiger partial charge in [0.1, 0.15) is 0 Å². The molecule has 0 aliphatic carbocycles. The third-order valence-electron chi connectivity index (χ3n) is 2.47. The van der Waals surface area contributed by atoms with Crippen molar-refractivity contribution < 1.29 is 9.90 Å². The van der Waals surface area contributed by atoms with Gasteiger partial charge in [-0.05, 0) is 12.3 Å². The fraction of sp³-hybridized carbons (Fsp3) is 0.769. The maximum Gasteiger partial charge on any atom is 0.307 e. The summed E-state index contributed by atoms with van der Waals surface area (Å²) in [4.78, 5) is 10.8. The van der Waals surface area contributed by atoms with Crippen molar-refractivity contribution in [3.05, 3.63) is 0 Å². The summed E-state index contributed by atoms with van der Waals surface area (Å²) in [6.07, 6.45) is 4.92. The molecule has 0 aromatic heterocycles. The smallest absolute Gasteiger partial charge is 0.307 e. The van der Waals surface area contributed by atoms with Crippen molar-refractivity contribution in [1.82, 2.24) is 0 Å². The van der Waals surface area contributed by atoms with Crippen LogP contribution in [0, 0.1) is 23.7 Å². The summed E-state index contributed by atoms with van der Waals surface area (Å²) in [5, 5.41) is 8.92. The number of carboxylic acids is 1. The predicted molar refractivity (Wildman–Crippen MR) is 62.5 cm³/mol. The van der Waals surface area contributed by atoms with Crippen LogP contribution in [0.1, 0.15) is 52.9 Å². The highest BCUT2D eigenvalue weighted by molar-refractivity contribution is 5.70. The van der Waals surface area contributed by atoms with Crippen LogP contribution in [-0.2, 0) is 4.79 Å². The Labute approximate surface area is 93.1 Å². The lowest BCUT2D eigenvalue weighted by molar-refractivity contribution is -0.143. The average molecular weight is 210 g/mol. The number of carbonyl (C=O) groups is 1. The molecule has 0 fully saturated rings. The molecule has 2 heteroatoms.